The fourth-order valence-corrected chi connectivity index (χ4v) is 2.65. The van der Waals surface area contributed by atoms with Crippen LogP contribution in [0.15, 0.2) is 18.2 Å². The molecule has 88 valence electrons. The maximum absolute atomic E-state index is 6.01. The van der Waals surface area contributed by atoms with Crippen LogP contribution in [0.1, 0.15) is 25.3 Å². The van der Waals surface area contributed by atoms with Gasteiger partial charge in [-0.2, -0.15) is 0 Å². The van der Waals surface area contributed by atoms with Gasteiger partial charge in [0.25, 0.3) is 0 Å². The zero-order valence-corrected chi connectivity index (χ0v) is 11.1. The highest BCUT2D eigenvalue weighted by Gasteiger charge is 2.16. The van der Waals surface area contributed by atoms with Gasteiger partial charge >= 0.3 is 0 Å². The third kappa shape index (κ3) is 3.13. The van der Waals surface area contributed by atoms with Crippen LogP contribution < -0.4 is 0 Å². The second kappa shape index (κ2) is 5.39. The molecule has 0 aromatic heterocycles. The van der Waals surface area contributed by atoms with E-state index >= 15 is 0 Å². The molecule has 1 aromatic rings. The van der Waals surface area contributed by atoms with Gasteiger partial charge in [0.2, 0.25) is 0 Å². The molecule has 0 amide bonds. The van der Waals surface area contributed by atoms with Gasteiger partial charge in [0.05, 0.1) is 10.0 Å². The van der Waals surface area contributed by atoms with Crippen molar-refractivity contribution in [3.05, 3.63) is 33.8 Å². The van der Waals surface area contributed by atoms with Gasteiger partial charge in [-0.25, -0.2) is 0 Å². The monoisotopic (exact) mass is 257 g/mol. The van der Waals surface area contributed by atoms with E-state index in [2.05, 4.69) is 17.9 Å². The van der Waals surface area contributed by atoms with Crippen LogP contribution in [-0.2, 0) is 6.54 Å². The van der Waals surface area contributed by atoms with Crippen molar-refractivity contribution in [2.24, 2.45) is 5.92 Å². The Morgan fingerprint density at radius 3 is 2.81 bits per heavy atom. The maximum atomic E-state index is 6.01. The lowest BCUT2D eigenvalue weighted by Gasteiger charge is -2.30. The van der Waals surface area contributed by atoms with Gasteiger partial charge in [0.1, 0.15) is 0 Å². The van der Waals surface area contributed by atoms with Crippen molar-refractivity contribution >= 4 is 23.2 Å². The molecule has 1 atom stereocenters. The normalized spacial score (nSPS) is 22.3. The molecule has 1 aliphatic rings. The minimum atomic E-state index is 0.637. The number of hydrogen-bond donors (Lipinski definition) is 0. The molecule has 0 aliphatic carbocycles. The number of benzene rings is 1. The number of rotatable bonds is 2. The summed E-state index contributed by atoms with van der Waals surface area (Å²) >= 11 is 11.9. The van der Waals surface area contributed by atoms with Crippen molar-refractivity contribution in [3.8, 4) is 0 Å². The predicted octanol–water partition coefficient (Wildman–Crippen LogP) is 4.23. The molecule has 3 heteroatoms. The molecule has 0 bridgehead atoms. The van der Waals surface area contributed by atoms with E-state index in [9.17, 15) is 0 Å². The summed E-state index contributed by atoms with van der Waals surface area (Å²) in [7, 11) is 0. The highest BCUT2D eigenvalue weighted by atomic mass is 35.5. The summed E-state index contributed by atoms with van der Waals surface area (Å²) in [6.45, 7) is 5.70. The molecule has 0 radical (unpaired) electrons. The first-order valence-electron chi connectivity index (χ1n) is 5.81. The predicted molar refractivity (Wildman–Crippen MR) is 70.1 cm³/mol. The SMILES string of the molecule is CC1CCCN(Cc2ccc(Cl)c(Cl)c2)C1. The second-order valence-corrected chi connectivity index (χ2v) is 5.55. The van der Waals surface area contributed by atoms with Crippen LogP contribution in [0.4, 0.5) is 0 Å². The number of halogens is 2. The van der Waals surface area contributed by atoms with Gasteiger partial charge in [0, 0.05) is 13.1 Å². The highest BCUT2D eigenvalue weighted by molar-refractivity contribution is 6.42. The first-order chi connectivity index (χ1) is 7.65. The van der Waals surface area contributed by atoms with E-state index in [1.807, 2.05) is 12.1 Å². The largest absolute Gasteiger partial charge is 0.299 e. The van der Waals surface area contributed by atoms with Crippen LogP contribution >= 0.6 is 23.2 Å². The maximum Gasteiger partial charge on any atom is 0.0595 e. The fraction of sp³-hybridized carbons (Fsp3) is 0.538. The van der Waals surface area contributed by atoms with Crippen molar-refractivity contribution in [2.75, 3.05) is 13.1 Å². The van der Waals surface area contributed by atoms with Crippen molar-refractivity contribution in [2.45, 2.75) is 26.3 Å². The zero-order valence-electron chi connectivity index (χ0n) is 9.55. The number of piperidine rings is 1. The van der Waals surface area contributed by atoms with Crippen molar-refractivity contribution in [3.63, 3.8) is 0 Å². The van der Waals surface area contributed by atoms with E-state index in [-0.39, 0.29) is 0 Å². The quantitative estimate of drug-likeness (QED) is 0.767. The molecular weight excluding hydrogens is 241 g/mol. The molecule has 16 heavy (non-hydrogen) atoms. The molecule has 2 rings (SSSR count). The first-order valence-corrected chi connectivity index (χ1v) is 6.57. The Kier molecular flexibility index (Phi) is 4.12. The average molecular weight is 258 g/mol. The lowest BCUT2D eigenvalue weighted by atomic mass is 10.00. The zero-order chi connectivity index (χ0) is 11.5. The molecule has 1 heterocycles. The Morgan fingerprint density at radius 2 is 2.12 bits per heavy atom. The van der Waals surface area contributed by atoms with Gasteiger partial charge in [0.15, 0.2) is 0 Å². The second-order valence-electron chi connectivity index (χ2n) is 4.73. The number of hydrogen-bond acceptors (Lipinski definition) is 1. The molecule has 1 nitrogen and oxygen atoms in total. The minimum absolute atomic E-state index is 0.637. The Labute approximate surface area is 107 Å². The molecule has 1 fully saturated rings. The third-order valence-corrected chi connectivity index (χ3v) is 3.87. The van der Waals surface area contributed by atoms with E-state index in [4.69, 9.17) is 23.2 Å². The van der Waals surface area contributed by atoms with Crippen LogP contribution in [0, 0.1) is 5.92 Å². The van der Waals surface area contributed by atoms with Crippen molar-refractivity contribution < 1.29 is 0 Å². The summed E-state index contributed by atoms with van der Waals surface area (Å²) in [5.41, 5.74) is 1.25. The summed E-state index contributed by atoms with van der Waals surface area (Å²) < 4.78 is 0. The number of likely N-dealkylation sites (tertiary alicyclic amines) is 1. The Hall–Kier alpha value is -0.240. The molecule has 0 saturated carbocycles. The van der Waals surface area contributed by atoms with Crippen LogP contribution in [0.25, 0.3) is 0 Å². The van der Waals surface area contributed by atoms with E-state index in [1.54, 1.807) is 0 Å². The average Bonchev–Trinajstić information content (AvgIpc) is 2.24. The van der Waals surface area contributed by atoms with Crippen LogP contribution in [0.2, 0.25) is 10.0 Å². The Bertz CT molecular complexity index is 365. The van der Waals surface area contributed by atoms with E-state index in [0.717, 1.165) is 12.5 Å². The number of nitrogens with zero attached hydrogens (tertiary/aromatic N) is 1. The summed E-state index contributed by atoms with van der Waals surface area (Å²) in [4.78, 5) is 2.49. The van der Waals surface area contributed by atoms with Gasteiger partial charge in [-0.05, 0) is 43.0 Å². The van der Waals surface area contributed by atoms with Gasteiger partial charge in [-0.1, -0.05) is 36.2 Å². The van der Waals surface area contributed by atoms with E-state index in [0.29, 0.717) is 10.0 Å². The first kappa shape index (κ1) is 12.2. The topological polar surface area (TPSA) is 3.24 Å². The van der Waals surface area contributed by atoms with Crippen molar-refractivity contribution in [1.29, 1.82) is 0 Å². The Balaban J connectivity index is 2.00. The highest BCUT2D eigenvalue weighted by Crippen LogP contribution is 2.24. The molecule has 1 saturated heterocycles. The summed E-state index contributed by atoms with van der Waals surface area (Å²) in [6.07, 6.45) is 2.67. The summed E-state index contributed by atoms with van der Waals surface area (Å²) in [5.74, 6) is 0.816. The van der Waals surface area contributed by atoms with E-state index < -0.39 is 0 Å². The summed E-state index contributed by atoms with van der Waals surface area (Å²) in [6, 6.07) is 5.92. The van der Waals surface area contributed by atoms with Crippen LogP contribution in [0.3, 0.4) is 0 Å². The van der Waals surface area contributed by atoms with E-state index in [1.165, 1.54) is 31.5 Å². The van der Waals surface area contributed by atoms with Gasteiger partial charge in [-0.3, -0.25) is 4.90 Å². The summed E-state index contributed by atoms with van der Waals surface area (Å²) in [5, 5.41) is 1.29. The van der Waals surface area contributed by atoms with Crippen LogP contribution in [-0.4, -0.2) is 18.0 Å². The molecule has 0 N–H and O–H groups in total. The lowest BCUT2D eigenvalue weighted by molar-refractivity contribution is 0.176. The van der Waals surface area contributed by atoms with Crippen LogP contribution in [0.5, 0.6) is 0 Å². The third-order valence-electron chi connectivity index (χ3n) is 3.13. The minimum Gasteiger partial charge on any atom is -0.299 e. The van der Waals surface area contributed by atoms with Crippen molar-refractivity contribution in [1.82, 2.24) is 4.90 Å². The molecular formula is C13H17Cl2N. The standard InChI is InChI=1S/C13H17Cl2N/c1-10-3-2-6-16(8-10)9-11-4-5-12(14)13(15)7-11/h4-5,7,10H,2-3,6,8-9H2,1H3. The van der Waals surface area contributed by atoms with Gasteiger partial charge < -0.3 is 0 Å². The molecule has 1 aliphatic heterocycles. The molecule has 1 aromatic carbocycles. The Morgan fingerprint density at radius 1 is 1.31 bits per heavy atom. The lowest BCUT2D eigenvalue weighted by Crippen LogP contribution is -2.33. The molecule has 0 spiro atoms. The smallest absolute Gasteiger partial charge is 0.0595 e. The fourth-order valence-electron chi connectivity index (χ4n) is 2.33. The molecule has 1 unspecified atom stereocenters. The van der Waals surface area contributed by atoms with Gasteiger partial charge in [-0.15, -0.1) is 0 Å².